The van der Waals surface area contributed by atoms with E-state index in [1.165, 1.54) is 11.9 Å². The van der Waals surface area contributed by atoms with E-state index in [1.54, 1.807) is 42.5 Å². The van der Waals surface area contributed by atoms with E-state index in [1.807, 2.05) is 6.07 Å². The van der Waals surface area contributed by atoms with E-state index in [2.05, 4.69) is 10.3 Å². The number of alkyl halides is 1. The van der Waals surface area contributed by atoms with E-state index in [-0.39, 0.29) is 16.7 Å². The maximum Gasteiger partial charge on any atom is 0.337 e. The Morgan fingerprint density at radius 3 is 2.30 bits per heavy atom. The van der Waals surface area contributed by atoms with E-state index in [4.69, 9.17) is 34.8 Å². The quantitative estimate of drug-likeness (QED) is 0.568. The standard InChI is InChI=1S/C18H15Cl3N4O2/c1-24-16(23-15(10-19)22-13-8-4-2-6-11(13)20)17(26)25(18(24)27)14-9-5-3-7-12(14)21/h2-9,15,22H,10H2,1H3. The maximum absolute atomic E-state index is 12.8. The number of urea groups is 1. The van der Waals surface area contributed by atoms with Gasteiger partial charge in [-0.2, -0.15) is 0 Å². The Kier molecular flexibility index (Phi) is 5.89. The highest BCUT2D eigenvalue weighted by Crippen LogP contribution is 2.29. The molecule has 0 saturated carbocycles. The van der Waals surface area contributed by atoms with Crippen molar-refractivity contribution in [3.63, 3.8) is 0 Å². The summed E-state index contributed by atoms with van der Waals surface area (Å²) >= 11 is 18.3. The van der Waals surface area contributed by atoms with Crippen molar-refractivity contribution in [1.82, 2.24) is 4.90 Å². The first-order valence-corrected chi connectivity index (χ1v) is 9.24. The fraction of sp³-hybridized carbons (Fsp3) is 0.167. The highest BCUT2D eigenvalue weighted by atomic mass is 35.5. The largest absolute Gasteiger partial charge is 0.362 e. The molecular weight excluding hydrogens is 411 g/mol. The van der Waals surface area contributed by atoms with Crippen molar-refractivity contribution in [3.8, 4) is 0 Å². The average molecular weight is 426 g/mol. The molecular formula is C18H15Cl3N4O2. The van der Waals surface area contributed by atoms with Crippen LogP contribution < -0.4 is 10.2 Å². The molecule has 2 aromatic rings. The predicted octanol–water partition coefficient (Wildman–Crippen LogP) is 4.47. The molecule has 1 heterocycles. The topological polar surface area (TPSA) is 65.0 Å². The lowest BCUT2D eigenvalue weighted by Gasteiger charge is -2.16. The van der Waals surface area contributed by atoms with Crippen LogP contribution in [-0.2, 0) is 4.79 Å². The number of amides is 3. The van der Waals surface area contributed by atoms with Gasteiger partial charge in [-0.05, 0) is 24.3 Å². The van der Waals surface area contributed by atoms with Crippen LogP contribution in [0, 0.1) is 0 Å². The van der Waals surface area contributed by atoms with Crippen molar-refractivity contribution >= 4 is 64.0 Å². The summed E-state index contributed by atoms with van der Waals surface area (Å²) in [5.74, 6) is -0.548. The van der Waals surface area contributed by atoms with Crippen molar-refractivity contribution in [2.75, 3.05) is 23.1 Å². The third-order valence-corrected chi connectivity index (χ3v) is 4.85. The van der Waals surface area contributed by atoms with Gasteiger partial charge in [0.25, 0.3) is 0 Å². The summed E-state index contributed by atoms with van der Waals surface area (Å²) < 4.78 is 0. The molecule has 3 amide bonds. The minimum atomic E-state index is -0.660. The Labute approximate surface area is 171 Å². The lowest BCUT2D eigenvalue weighted by molar-refractivity contribution is -0.111. The lowest BCUT2D eigenvalue weighted by Crippen LogP contribution is -2.31. The second kappa shape index (κ2) is 8.17. The first-order chi connectivity index (χ1) is 12.9. The van der Waals surface area contributed by atoms with Crippen molar-refractivity contribution < 1.29 is 9.59 Å². The molecule has 1 aliphatic rings. The van der Waals surface area contributed by atoms with E-state index in [0.29, 0.717) is 16.4 Å². The van der Waals surface area contributed by atoms with E-state index in [0.717, 1.165) is 4.90 Å². The monoisotopic (exact) mass is 424 g/mol. The molecule has 1 atom stereocenters. The molecule has 1 N–H and O–H groups in total. The Morgan fingerprint density at radius 2 is 1.67 bits per heavy atom. The minimum absolute atomic E-state index is 0.0369. The zero-order chi connectivity index (χ0) is 19.6. The van der Waals surface area contributed by atoms with Crippen LogP contribution in [-0.4, -0.2) is 41.8 Å². The fourth-order valence-corrected chi connectivity index (χ4v) is 3.13. The van der Waals surface area contributed by atoms with Crippen LogP contribution in [0.3, 0.4) is 0 Å². The molecule has 6 nitrogen and oxygen atoms in total. The van der Waals surface area contributed by atoms with Gasteiger partial charge in [0.15, 0.2) is 0 Å². The van der Waals surface area contributed by atoms with Crippen LogP contribution in [0.2, 0.25) is 10.0 Å². The number of para-hydroxylation sites is 2. The smallest absolute Gasteiger partial charge is 0.337 e. The molecule has 0 spiro atoms. The molecule has 1 fully saturated rings. The van der Waals surface area contributed by atoms with Gasteiger partial charge in [0.2, 0.25) is 5.84 Å². The Hall–Kier alpha value is -2.28. The second-order valence-electron chi connectivity index (χ2n) is 5.68. The Morgan fingerprint density at radius 1 is 1.04 bits per heavy atom. The van der Waals surface area contributed by atoms with Gasteiger partial charge in [-0.25, -0.2) is 14.7 Å². The lowest BCUT2D eigenvalue weighted by atomic mass is 10.3. The Balaban J connectivity index is 1.91. The molecule has 0 aliphatic carbocycles. The molecule has 1 unspecified atom stereocenters. The van der Waals surface area contributed by atoms with Crippen molar-refractivity contribution in [2.24, 2.45) is 4.99 Å². The second-order valence-corrected chi connectivity index (χ2v) is 6.80. The molecule has 1 aliphatic heterocycles. The zero-order valence-electron chi connectivity index (χ0n) is 14.2. The fourth-order valence-electron chi connectivity index (χ4n) is 2.57. The number of anilines is 2. The van der Waals surface area contributed by atoms with Crippen molar-refractivity contribution in [2.45, 2.75) is 6.17 Å². The van der Waals surface area contributed by atoms with Gasteiger partial charge in [-0.15, -0.1) is 11.6 Å². The number of aliphatic imine (C=N–C) groups is 1. The highest BCUT2D eigenvalue weighted by Gasteiger charge is 2.42. The number of carbonyl (C=O) groups excluding carboxylic acids is 2. The maximum atomic E-state index is 12.8. The third-order valence-electron chi connectivity index (χ3n) is 3.90. The number of carbonyl (C=O) groups is 2. The van der Waals surface area contributed by atoms with E-state index >= 15 is 0 Å². The molecule has 0 bridgehead atoms. The molecule has 140 valence electrons. The average Bonchev–Trinajstić information content (AvgIpc) is 2.86. The summed E-state index contributed by atoms with van der Waals surface area (Å²) in [5, 5.41) is 3.84. The van der Waals surface area contributed by atoms with Gasteiger partial charge in [0, 0.05) is 7.05 Å². The van der Waals surface area contributed by atoms with Crippen molar-refractivity contribution in [3.05, 3.63) is 58.6 Å². The number of nitrogens with one attached hydrogen (secondary N) is 1. The van der Waals surface area contributed by atoms with Crippen LogP contribution in [0.15, 0.2) is 53.5 Å². The summed E-state index contributed by atoms with van der Waals surface area (Å²) in [5.41, 5.74) is 0.921. The molecule has 0 aromatic heterocycles. The van der Waals surface area contributed by atoms with Crippen LogP contribution in [0.25, 0.3) is 0 Å². The molecule has 2 aromatic carbocycles. The number of amidine groups is 1. The number of nitrogens with zero attached hydrogens (tertiary/aromatic N) is 3. The summed E-state index contributed by atoms with van der Waals surface area (Å²) in [6, 6.07) is 13.2. The molecule has 27 heavy (non-hydrogen) atoms. The number of likely N-dealkylation sites (N-methyl/N-ethyl adjacent to an activating group) is 1. The minimum Gasteiger partial charge on any atom is -0.362 e. The molecule has 3 rings (SSSR count). The summed E-state index contributed by atoms with van der Waals surface area (Å²) in [6.45, 7) is 0. The number of rotatable bonds is 5. The number of benzene rings is 2. The van der Waals surface area contributed by atoms with Crippen LogP contribution in [0.1, 0.15) is 0 Å². The van der Waals surface area contributed by atoms with Gasteiger partial charge in [-0.3, -0.25) is 9.69 Å². The first-order valence-electron chi connectivity index (χ1n) is 7.95. The van der Waals surface area contributed by atoms with Crippen LogP contribution in [0.5, 0.6) is 0 Å². The van der Waals surface area contributed by atoms with Crippen LogP contribution in [0.4, 0.5) is 16.2 Å². The van der Waals surface area contributed by atoms with Gasteiger partial charge in [0.1, 0.15) is 6.17 Å². The summed E-state index contributed by atoms with van der Waals surface area (Å²) in [6.07, 6.45) is -0.660. The van der Waals surface area contributed by atoms with Gasteiger partial charge >= 0.3 is 11.9 Å². The van der Waals surface area contributed by atoms with E-state index < -0.39 is 18.1 Å². The van der Waals surface area contributed by atoms with Gasteiger partial charge in [0.05, 0.1) is 27.3 Å². The number of imide groups is 1. The normalized spacial score (nSPS) is 17.0. The number of hydrogen-bond donors (Lipinski definition) is 1. The predicted molar refractivity (Wildman–Crippen MR) is 109 cm³/mol. The zero-order valence-corrected chi connectivity index (χ0v) is 16.5. The Bertz CT molecular complexity index is 919. The molecule has 1 saturated heterocycles. The first kappa shape index (κ1) is 19.5. The molecule has 9 heteroatoms. The summed E-state index contributed by atoms with van der Waals surface area (Å²) in [7, 11) is 1.47. The molecule has 0 radical (unpaired) electrons. The third kappa shape index (κ3) is 3.88. The number of halogens is 3. The highest BCUT2D eigenvalue weighted by molar-refractivity contribution is 6.55. The summed E-state index contributed by atoms with van der Waals surface area (Å²) in [4.78, 5) is 31.9. The van der Waals surface area contributed by atoms with Gasteiger partial charge in [-0.1, -0.05) is 47.5 Å². The number of hydrogen-bond acceptors (Lipinski definition) is 4. The SMILES string of the molecule is CN1C(=O)N(c2ccccc2Cl)C(=O)C1=NC(CCl)Nc1ccccc1Cl. The van der Waals surface area contributed by atoms with E-state index in [9.17, 15) is 9.59 Å². The van der Waals surface area contributed by atoms with Crippen molar-refractivity contribution in [1.29, 1.82) is 0 Å². The van der Waals surface area contributed by atoms with Gasteiger partial charge < -0.3 is 5.32 Å². The van der Waals surface area contributed by atoms with Crippen LogP contribution >= 0.6 is 34.8 Å².